The Hall–Kier alpha value is -3.60. The quantitative estimate of drug-likeness (QED) is 0.220. The van der Waals surface area contributed by atoms with Gasteiger partial charge in [-0.3, -0.25) is 15.2 Å². The van der Waals surface area contributed by atoms with Crippen molar-refractivity contribution in [2.45, 2.75) is 62.6 Å². The SMILES string of the molecule is C#CCON(C(=O)O)[C@@H]1[C@H](O)[C@@H](c2ccc3c(O)c(C(=C)NOC)c(=O)oc3c2C)OC2(CCCC2)[C@H]1OC. The van der Waals surface area contributed by atoms with Crippen molar-refractivity contribution in [3.8, 4) is 18.1 Å². The molecule has 2 aliphatic rings. The molecule has 1 spiro atoms. The number of methoxy groups -OCH3 is 1. The minimum Gasteiger partial charge on any atom is -0.506 e. The molecule has 0 bridgehead atoms. The Morgan fingerprint density at radius 1 is 1.33 bits per heavy atom. The van der Waals surface area contributed by atoms with E-state index < -0.39 is 41.7 Å². The van der Waals surface area contributed by atoms with E-state index in [-0.39, 0.29) is 34.6 Å². The summed E-state index contributed by atoms with van der Waals surface area (Å²) < 4.78 is 17.9. The lowest BCUT2D eigenvalue weighted by Crippen LogP contribution is -2.67. The third-order valence-electron chi connectivity index (χ3n) is 7.47. The van der Waals surface area contributed by atoms with E-state index in [1.165, 1.54) is 20.3 Å². The summed E-state index contributed by atoms with van der Waals surface area (Å²) in [5, 5.41) is 33.3. The predicted octanol–water partition coefficient (Wildman–Crippen LogP) is 2.60. The van der Waals surface area contributed by atoms with Gasteiger partial charge in [0.05, 0.1) is 23.8 Å². The van der Waals surface area contributed by atoms with Crippen LogP contribution in [0.1, 0.15) is 48.5 Å². The first kappa shape index (κ1) is 28.4. The molecular formula is C27H32N2O10. The van der Waals surface area contributed by atoms with Crippen LogP contribution in [0.25, 0.3) is 16.7 Å². The van der Waals surface area contributed by atoms with Crippen molar-refractivity contribution < 1.29 is 43.7 Å². The van der Waals surface area contributed by atoms with Gasteiger partial charge in [0.2, 0.25) is 0 Å². The fraction of sp³-hybridized carbons (Fsp3) is 0.481. The minimum absolute atomic E-state index is 0.00997. The second kappa shape index (κ2) is 11.3. The first-order chi connectivity index (χ1) is 18.6. The van der Waals surface area contributed by atoms with Crippen molar-refractivity contribution in [1.29, 1.82) is 0 Å². The molecule has 4 rings (SSSR count). The average molecular weight is 545 g/mol. The summed E-state index contributed by atoms with van der Waals surface area (Å²) in [7, 11) is 2.76. The maximum absolute atomic E-state index is 12.8. The van der Waals surface area contributed by atoms with E-state index in [1.807, 2.05) is 0 Å². The number of ether oxygens (including phenoxy) is 2. The average Bonchev–Trinajstić information content (AvgIpc) is 3.36. The zero-order valence-corrected chi connectivity index (χ0v) is 21.9. The number of rotatable bonds is 8. The van der Waals surface area contributed by atoms with Crippen LogP contribution in [0.3, 0.4) is 0 Å². The molecule has 1 aliphatic carbocycles. The van der Waals surface area contributed by atoms with Crippen LogP contribution in [0.4, 0.5) is 4.79 Å². The third-order valence-corrected chi connectivity index (χ3v) is 7.47. The van der Waals surface area contributed by atoms with Gasteiger partial charge in [-0.1, -0.05) is 31.4 Å². The number of hydrogen-bond donors (Lipinski definition) is 4. The number of aliphatic hydroxyl groups excluding tert-OH is 1. The first-order valence-corrected chi connectivity index (χ1v) is 12.4. The number of hydrogen-bond acceptors (Lipinski definition) is 10. The molecule has 1 amide bonds. The van der Waals surface area contributed by atoms with Crippen molar-refractivity contribution in [1.82, 2.24) is 10.5 Å². The van der Waals surface area contributed by atoms with Crippen molar-refractivity contribution in [2.24, 2.45) is 0 Å². The highest BCUT2D eigenvalue weighted by atomic mass is 16.7. The highest BCUT2D eigenvalue weighted by Gasteiger charge is 2.59. The fourth-order valence-corrected chi connectivity index (χ4v) is 5.82. The molecule has 12 nitrogen and oxygen atoms in total. The molecule has 0 radical (unpaired) electrons. The molecule has 2 aromatic rings. The van der Waals surface area contributed by atoms with Crippen LogP contribution in [0.5, 0.6) is 5.75 Å². The lowest BCUT2D eigenvalue weighted by molar-refractivity contribution is -0.296. The number of carbonyl (C=O) groups is 1. The molecule has 2 heterocycles. The Bertz CT molecular complexity index is 1360. The second-order valence-electron chi connectivity index (χ2n) is 9.59. The summed E-state index contributed by atoms with van der Waals surface area (Å²) in [6.07, 6.45) is 3.23. The fourth-order valence-electron chi connectivity index (χ4n) is 5.82. The van der Waals surface area contributed by atoms with Gasteiger partial charge in [-0.25, -0.2) is 9.59 Å². The summed E-state index contributed by atoms with van der Waals surface area (Å²) in [4.78, 5) is 35.2. The van der Waals surface area contributed by atoms with E-state index >= 15 is 0 Å². The topological polar surface area (TPSA) is 160 Å². The number of nitrogens with one attached hydrogen (secondary N) is 1. The number of carboxylic acid groups (broad SMARTS) is 1. The maximum atomic E-state index is 12.8. The maximum Gasteiger partial charge on any atom is 0.431 e. The van der Waals surface area contributed by atoms with Gasteiger partial charge in [0.1, 0.15) is 47.9 Å². The zero-order chi connectivity index (χ0) is 28.5. The second-order valence-corrected chi connectivity index (χ2v) is 9.59. The summed E-state index contributed by atoms with van der Waals surface area (Å²) in [6, 6.07) is 1.96. The molecule has 4 N–H and O–H groups in total. The smallest absolute Gasteiger partial charge is 0.431 e. The Labute approximate surface area is 224 Å². The number of benzene rings is 1. The van der Waals surface area contributed by atoms with Gasteiger partial charge in [-0.15, -0.1) is 6.42 Å². The van der Waals surface area contributed by atoms with Gasteiger partial charge >= 0.3 is 11.7 Å². The van der Waals surface area contributed by atoms with Crippen LogP contribution >= 0.6 is 0 Å². The van der Waals surface area contributed by atoms with Gasteiger partial charge in [0.25, 0.3) is 0 Å². The molecule has 1 aromatic heterocycles. The van der Waals surface area contributed by atoms with Crippen molar-refractivity contribution in [3.63, 3.8) is 0 Å². The highest BCUT2D eigenvalue weighted by molar-refractivity contribution is 5.90. The molecule has 1 aromatic carbocycles. The Morgan fingerprint density at radius 2 is 2.03 bits per heavy atom. The summed E-state index contributed by atoms with van der Waals surface area (Å²) in [5.74, 6) is 1.88. The van der Waals surface area contributed by atoms with Gasteiger partial charge in [0.15, 0.2) is 0 Å². The minimum atomic E-state index is -1.46. The number of nitrogens with zero attached hydrogens (tertiary/aromatic N) is 1. The number of aryl methyl sites for hydroxylation is 1. The summed E-state index contributed by atoms with van der Waals surface area (Å²) in [5.41, 5.74) is 1.37. The number of aromatic hydroxyl groups is 1. The molecule has 4 atom stereocenters. The molecule has 210 valence electrons. The molecule has 0 unspecified atom stereocenters. The van der Waals surface area contributed by atoms with E-state index in [0.717, 1.165) is 12.8 Å². The number of fused-ring (bicyclic) bond motifs is 1. The van der Waals surface area contributed by atoms with Gasteiger partial charge in [-0.05, 0) is 37.0 Å². The number of hydroxylamine groups is 3. The zero-order valence-electron chi connectivity index (χ0n) is 21.9. The Morgan fingerprint density at radius 3 is 2.62 bits per heavy atom. The lowest BCUT2D eigenvalue weighted by Gasteiger charge is -2.52. The molecule has 1 saturated carbocycles. The summed E-state index contributed by atoms with van der Waals surface area (Å²) in [6.45, 7) is 5.00. The monoisotopic (exact) mass is 544 g/mol. The van der Waals surface area contributed by atoms with E-state index in [4.69, 9.17) is 30.0 Å². The highest BCUT2D eigenvalue weighted by Crippen LogP contribution is 2.50. The number of amides is 1. The van der Waals surface area contributed by atoms with Crippen LogP contribution in [-0.4, -0.2) is 71.2 Å². The van der Waals surface area contributed by atoms with E-state index in [1.54, 1.807) is 13.0 Å². The van der Waals surface area contributed by atoms with Crippen LogP contribution in [0.2, 0.25) is 0 Å². The number of terminal acetylenes is 1. The predicted molar refractivity (Wildman–Crippen MR) is 138 cm³/mol. The Balaban J connectivity index is 1.86. The van der Waals surface area contributed by atoms with Crippen molar-refractivity contribution in [3.05, 3.63) is 45.8 Å². The molecule has 39 heavy (non-hydrogen) atoms. The number of aliphatic hydroxyl groups is 1. The molecule has 12 heteroatoms. The van der Waals surface area contributed by atoms with Gasteiger partial charge in [0, 0.05) is 7.11 Å². The molecular weight excluding hydrogens is 512 g/mol. The van der Waals surface area contributed by atoms with E-state index in [9.17, 15) is 24.9 Å². The van der Waals surface area contributed by atoms with Gasteiger partial charge in [-0.2, -0.15) is 5.06 Å². The van der Waals surface area contributed by atoms with Gasteiger partial charge < -0.3 is 29.2 Å². The van der Waals surface area contributed by atoms with E-state index in [2.05, 4.69) is 18.0 Å². The normalized spacial score (nSPS) is 24.0. The molecule has 1 saturated heterocycles. The third kappa shape index (κ3) is 4.84. The summed E-state index contributed by atoms with van der Waals surface area (Å²) >= 11 is 0. The largest absolute Gasteiger partial charge is 0.506 e. The van der Waals surface area contributed by atoms with Crippen LogP contribution in [0.15, 0.2) is 27.9 Å². The first-order valence-electron chi connectivity index (χ1n) is 12.4. The lowest BCUT2D eigenvalue weighted by atomic mass is 9.79. The van der Waals surface area contributed by atoms with Crippen LogP contribution < -0.4 is 11.1 Å². The van der Waals surface area contributed by atoms with Crippen LogP contribution in [0, 0.1) is 19.3 Å². The molecule has 1 aliphatic heterocycles. The van der Waals surface area contributed by atoms with Crippen molar-refractivity contribution >= 4 is 22.8 Å². The molecule has 2 fully saturated rings. The van der Waals surface area contributed by atoms with Crippen molar-refractivity contribution in [2.75, 3.05) is 20.8 Å². The standard InChI is InChI=1S/C27H32N2O10/c1-6-13-37-29(26(33)34)19-21(31)23(39-27(24(19)35-4)11-7-8-12-27)16-9-10-17-20(30)18(15(3)28-36-5)25(32)38-22(17)14(16)2/h1,9-10,19,21,23-24,28,30-31H,3,7-8,11-13H2,2,4-5H3,(H,33,34)/t19-,21+,23-,24+/m1/s1. The van der Waals surface area contributed by atoms with Crippen LogP contribution in [-0.2, 0) is 19.1 Å². The van der Waals surface area contributed by atoms with E-state index in [0.29, 0.717) is 29.0 Å². The Kier molecular flexibility index (Phi) is 8.20.